The number of thioether (sulfide) groups is 1. The lowest BCUT2D eigenvalue weighted by molar-refractivity contribution is -0.118. The van der Waals surface area contributed by atoms with Gasteiger partial charge in [0.1, 0.15) is 0 Å². The number of rotatable bonds is 7. The summed E-state index contributed by atoms with van der Waals surface area (Å²) in [5.74, 6) is 1.12. The van der Waals surface area contributed by atoms with Crippen LogP contribution in [-0.4, -0.2) is 41.6 Å². The number of aryl methyl sites for hydroxylation is 2. The first-order valence-electron chi connectivity index (χ1n) is 8.04. The van der Waals surface area contributed by atoms with E-state index in [0.717, 1.165) is 21.4 Å². The van der Waals surface area contributed by atoms with Crippen LogP contribution in [0.2, 0.25) is 0 Å². The van der Waals surface area contributed by atoms with Crippen LogP contribution in [0.25, 0.3) is 0 Å². The maximum Gasteiger partial charge on any atom is 0.250 e. The van der Waals surface area contributed by atoms with Crippen molar-refractivity contribution < 1.29 is 14.3 Å². The summed E-state index contributed by atoms with van der Waals surface area (Å²) in [5.41, 5.74) is 5.72. The second-order valence-corrected chi connectivity index (χ2v) is 7.44. The van der Waals surface area contributed by atoms with Gasteiger partial charge in [-0.1, -0.05) is 11.8 Å². The Morgan fingerprint density at radius 1 is 1.15 bits per heavy atom. The third kappa shape index (κ3) is 5.93. The van der Waals surface area contributed by atoms with Crippen LogP contribution >= 0.6 is 27.7 Å². The normalized spacial score (nSPS) is 11.3. The predicted octanol–water partition coefficient (Wildman–Crippen LogP) is 3.51. The number of halogens is 1. The van der Waals surface area contributed by atoms with Crippen molar-refractivity contribution in [2.24, 2.45) is 5.10 Å². The van der Waals surface area contributed by atoms with Crippen molar-refractivity contribution in [1.82, 2.24) is 15.4 Å². The number of nitrogens with zero attached hydrogens (tertiary/aromatic N) is 3. The van der Waals surface area contributed by atoms with Crippen molar-refractivity contribution in [2.45, 2.75) is 25.9 Å². The van der Waals surface area contributed by atoms with Crippen LogP contribution in [0.5, 0.6) is 11.5 Å². The number of ether oxygens (including phenoxy) is 2. The minimum atomic E-state index is -0.237. The molecule has 0 atom stereocenters. The van der Waals surface area contributed by atoms with Crippen LogP contribution < -0.4 is 14.9 Å². The Labute approximate surface area is 171 Å². The highest BCUT2D eigenvalue weighted by Crippen LogP contribution is 2.33. The van der Waals surface area contributed by atoms with Crippen LogP contribution in [0.4, 0.5) is 0 Å². The second kappa shape index (κ2) is 9.70. The van der Waals surface area contributed by atoms with E-state index in [-0.39, 0.29) is 11.7 Å². The molecule has 0 radical (unpaired) electrons. The van der Waals surface area contributed by atoms with Crippen molar-refractivity contribution in [1.29, 1.82) is 0 Å². The molecule has 1 aromatic heterocycles. The first-order chi connectivity index (χ1) is 12.8. The number of hydrazone groups is 1. The average molecular weight is 453 g/mol. The van der Waals surface area contributed by atoms with Gasteiger partial charge in [-0.15, -0.1) is 0 Å². The standard InChI is InChI=1S/C18H21BrN4O3S/c1-10-6-11(2)21-18(20-10)27-9-17(24)23-22-12(3)13-7-15(25-4)16(26-5)8-14(13)19/h6-8H,9H2,1-5H3,(H,23,24). The zero-order valence-electron chi connectivity index (χ0n) is 15.8. The molecule has 1 heterocycles. The molecule has 2 rings (SSSR count). The Balaban J connectivity index is 2.03. The fraction of sp³-hybridized carbons (Fsp3) is 0.333. The smallest absolute Gasteiger partial charge is 0.250 e. The number of carbonyl (C=O) groups excluding carboxylic acids is 1. The predicted molar refractivity (Wildman–Crippen MR) is 110 cm³/mol. The molecule has 0 bridgehead atoms. The van der Waals surface area contributed by atoms with Gasteiger partial charge in [-0.3, -0.25) is 4.79 Å². The molecule has 144 valence electrons. The topological polar surface area (TPSA) is 85.7 Å². The van der Waals surface area contributed by atoms with Gasteiger partial charge in [-0.2, -0.15) is 5.10 Å². The summed E-state index contributed by atoms with van der Waals surface area (Å²) in [6.07, 6.45) is 0. The van der Waals surface area contributed by atoms with Crippen molar-refractivity contribution in [3.05, 3.63) is 39.6 Å². The van der Waals surface area contributed by atoms with E-state index in [1.807, 2.05) is 19.9 Å². The SMILES string of the molecule is COc1cc(Br)c(C(C)=NNC(=O)CSc2nc(C)cc(C)n2)cc1OC. The van der Waals surface area contributed by atoms with Gasteiger partial charge >= 0.3 is 0 Å². The van der Waals surface area contributed by atoms with E-state index in [1.54, 1.807) is 33.3 Å². The number of hydrogen-bond acceptors (Lipinski definition) is 7. The number of hydrogen-bond donors (Lipinski definition) is 1. The van der Waals surface area contributed by atoms with Crippen molar-refractivity contribution in [2.75, 3.05) is 20.0 Å². The Kier molecular flexibility index (Phi) is 7.61. The number of methoxy groups -OCH3 is 2. The van der Waals surface area contributed by atoms with Gasteiger partial charge in [0.2, 0.25) is 0 Å². The van der Waals surface area contributed by atoms with E-state index in [1.165, 1.54) is 11.8 Å². The Morgan fingerprint density at radius 3 is 2.33 bits per heavy atom. The summed E-state index contributed by atoms with van der Waals surface area (Å²) >= 11 is 4.75. The zero-order chi connectivity index (χ0) is 20.0. The van der Waals surface area contributed by atoms with Crippen molar-refractivity contribution in [3.63, 3.8) is 0 Å². The van der Waals surface area contributed by atoms with E-state index in [2.05, 4.69) is 36.4 Å². The third-order valence-electron chi connectivity index (χ3n) is 3.51. The zero-order valence-corrected chi connectivity index (χ0v) is 18.2. The molecule has 0 fully saturated rings. The Bertz CT molecular complexity index is 854. The molecular formula is C18H21BrN4O3S. The van der Waals surface area contributed by atoms with Gasteiger partial charge in [-0.25, -0.2) is 15.4 Å². The summed E-state index contributed by atoms with van der Waals surface area (Å²) < 4.78 is 11.4. The van der Waals surface area contributed by atoms with E-state index in [4.69, 9.17) is 9.47 Å². The number of aromatic nitrogens is 2. The largest absolute Gasteiger partial charge is 0.493 e. The van der Waals surface area contributed by atoms with Gasteiger partial charge in [0, 0.05) is 21.4 Å². The molecule has 0 unspecified atom stereocenters. The molecule has 2 aromatic rings. The van der Waals surface area contributed by atoms with Gasteiger partial charge in [0.15, 0.2) is 16.7 Å². The molecule has 0 aliphatic carbocycles. The second-order valence-electron chi connectivity index (χ2n) is 5.64. The van der Waals surface area contributed by atoms with Crippen LogP contribution in [0.1, 0.15) is 23.9 Å². The highest BCUT2D eigenvalue weighted by molar-refractivity contribution is 9.10. The molecule has 1 N–H and O–H groups in total. The van der Waals surface area contributed by atoms with Crippen LogP contribution in [0.15, 0.2) is 32.9 Å². The number of amides is 1. The summed E-state index contributed by atoms with van der Waals surface area (Å²) in [7, 11) is 3.14. The lowest BCUT2D eigenvalue weighted by Gasteiger charge is -2.11. The minimum Gasteiger partial charge on any atom is -0.493 e. The molecular weight excluding hydrogens is 432 g/mol. The highest BCUT2D eigenvalue weighted by atomic mass is 79.9. The van der Waals surface area contributed by atoms with Crippen LogP contribution in [0.3, 0.4) is 0 Å². The monoisotopic (exact) mass is 452 g/mol. The first kappa shape index (κ1) is 21.2. The molecule has 0 aliphatic rings. The summed E-state index contributed by atoms with van der Waals surface area (Å²) in [5, 5.41) is 4.75. The third-order valence-corrected chi connectivity index (χ3v) is 5.01. The van der Waals surface area contributed by atoms with E-state index >= 15 is 0 Å². The molecule has 1 aromatic carbocycles. The lowest BCUT2D eigenvalue weighted by atomic mass is 10.1. The maximum atomic E-state index is 12.1. The molecule has 9 heteroatoms. The maximum absolute atomic E-state index is 12.1. The quantitative estimate of drug-likeness (QED) is 0.299. The first-order valence-corrected chi connectivity index (χ1v) is 9.82. The molecule has 0 spiro atoms. The molecule has 0 aliphatic heterocycles. The highest BCUT2D eigenvalue weighted by Gasteiger charge is 2.12. The number of nitrogens with one attached hydrogen (secondary N) is 1. The number of carbonyl (C=O) groups is 1. The summed E-state index contributed by atoms with van der Waals surface area (Å²) in [6, 6.07) is 5.48. The molecule has 7 nitrogen and oxygen atoms in total. The lowest BCUT2D eigenvalue weighted by Crippen LogP contribution is -2.21. The molecule has 1 amide bonds. The van der Waals surface area contributed by atoms with Gasteiger partial charge in [0.05, 0.1) is 25.7 Å². The Hall–Kier alpha value is -2.13. The van der Waals surface area contributed by atoms with E-state index in [9.17, 15) is 4.79 Å². The van der Waals surface area contributed by atoms with Crippen molar-refractivity contribution in [3.8, 4) is 11.5 Å². The average Bonchev–Trinajstić information content (AvgIpc) is 2.63. The van der Waals surface area contributed by atoms with E-state index < -0.39 is 0 Å². The van der Waals surface area contributed by atoms with Crippen LogP contribution in [-0.2, 0) is 4.79 Å². The molecule has 0 saturated heterocycles. The minimum absolute atomic E-state index is 0.173. The number of benzene rings is 1. The Morgan fingerprint density at radius 2 is 1.74 bits per heavy atom. The van der Waals surface area contributed by atoms with E-state index in [0.29, 0.717) is 22.4 Å². The van der Waals surface area contributed by atoms with Gasteiger partial charge in [-0.05, 0) is 54.9 Å². The fourth-order valence-corrected chi connectivity index (χ4v) is 3.61. The summed E-state index contributed by atoms with van der Waals surface area (Å²) in [6.45, 7) is 5.59. The molecule has 27 heavy (non-hydrogen) atoms. The fourth-order valence-electron chi connectivity index (χ4n) is 2.26. The summed E-state index contributed by atoms with van der Waals surface area (Å²) in [4.78, 5) is 20.7. The van der Waals surface area contributed by atoms with Gasteiger partial charge in [0.25, 0.3) is 5.91 Å². The molecule has 0 saturated carbocycles. The van der Waals surface area contributed by atoms with Gasteiger partial charge < -0.3 is 9.47 Å². The van der Waals surface area contributed by atoms with Crippen molar-refractivity contribution >= 4 is 39.3 Å². The van der Waals surface area contributed by atoms with Crippen LogP contribution in [0, 0.1) is 13.8 Å².